The minimum atomic E-state index is -1.44. The van der Waals surface area contributed by atoms with Crippen LogP contribution in [0.4, 0.5) is 14.5 Å². The second-order valence-corrected chi connectivity index (χ2v) is 8.13. The SMILES string of the molecule is O=C(O)c1cn2c3c(c(F)c(F)c(NCc4ccccc4)c3c1=O)OC[C@@H]2Cc1ccccc1. The van der Waals surface area contributed by atoms with E-state index in [9.17, 15) is 14.7 Å². The lowest BCUT2D eigenvalue weighted by Gasteiger charge is -2.30. The lowest BCUT2D eigenvalue weighted by molar-refractivity contribution is 0.0694. The summed E-state index contributed by atoms with van der Waals surface area (Å²) in [7, 11) is 0. The molecule has 34 heavy (non-hydrogen) atoms. The van der Waals surface area contributed by atoms with Gasteiger partial charge in [-0.25, -0.2) is 9.18 Å². The van der Waals surface area contributed by atoms with E-state index >= 15 is 8.78 Å². The van der Waals surface area contributed by atoms with E-state index < -0.39 is 40.4 Å². The van der Waals surface area contributed by atoms with Gasteiger partial charge in [0, 0.05) is 12.7 Å². The minimum Gasteiger partial charge on any atom is -0.486 e. The molecule has 0 spiro atoms. The van der Waals surface area contributed by atoms with Crippen LogP contribution in [0.15, 0.2) is 71.7 Å². The van der Waals surface area contributed by atoms with Gasteiger partial charge < -0.3 is 19.7 Å². The molecule has 1 aromatic heterocycles. The van der Waals surface area contributed by atoms with Gasteiger partial charge in [-0.3, -0.25) is 4.79 Å². The van der Waals surface area contributed by atoms with Crippen molar-refractivity contribution in [1.82, 2.24) is 4.57 Å². The van der Waals surface area contributed by atoms with Gasteiger partial charge in [0.15, 0.2) is 11.6 Å². The Bertz CT molecular complexity index is 1450. The molecule has 1 atom stereocenters. The fourth-order valence-electron chi connectivity index (χ4n) is 4.35. The highest BCUT2D eigenvalue weighted by Crippen LogP contribution is 2.40. The van der Waals surface area contributed by atoms with E-state index in [2.05, 4.69) is 5.32 Å². The Labute approximate surface area is 193 Å². The normalized spacial score (nSPS) is 14.6. The minimum absolute atomic E-state index is 0.00786. The van der Waals surface area contributed by atoms with Crippen molar-refractivity contribution in [2.45, 2.75) is 19.0 Å². The Morgan fingerprint density at radius 3 is 2.32 bits per heavy atom. The smallest absolute Gasteiger partial charge is 0.341 e. The standard InChI is InChI=1S/C26H20F2N2O4/c27-20-21(28)25-23-19(22(20)29-12-16-9-5-2-6-10-16)24(31)18(26(32)33)13-30(23)17(14-34-25)11-15-7-3-1-4-8-15/h1-10,13,17,29H,11-12,14H2,(H,32,33)/t17-/m0/s1. The number of carboxylic acid groups (broad SMARTS) is 1. The highest BCUT2D eigenvalue weighted by atomic mass is 19.2. The molecule has 0 bridgehead atoms. The van der Waals surface area contributed by atoms with E-state index in [0.717, 1.165) is 11.1 Å². The van der Waals surface area contributed by atoms with Crippen LogP contribution in [0.5, 0.6) is 5.75 Å². The average molecular weight is 462 g/mol. The summed E-state index contributed by atoms with van der Waals surface area (Å²) in [4.78, 5) is 25.1. The summed E-state index contributed by atoms with van der Waals surface area (Å²) < 4.78 is 37.4. The Balaban J connectivity index is 1.73. The van der Waals surface area contributed by atoms with Gasteiger partial charge in [0.05, 0.1) is 17.1 Å². The molecule has 2 N–H and O–H groups in total. The molecule has 4 aromatic rings. The summed E-state index contributed by atoms with van der Waals surface area (Å²) in [6, 6.07) is 18.0. The third kappa shape index (κ3) is 3.67. The van der Waals surface area contributed by atoms with Gasteiger partial charge in [-0.05, 0) is 17.5 Å². The van der Waals surface area contributed by atoms with Gasteiger partial charge in [0.1, 0.15) is 17.7 Å². The van der Waals surface area contributed by atoms with Crippen molar-refractivity contribution < 1.29 is 23.4 Å². The maximum Gasteiger partial charge on any atom is 0.341 e. The first kappa shape index (κ1) is 21.6. The summed E-state index contributed by atoms with van der Waals surface area (Å²) in [5.41, 5.74) is -0.0407. The van der Waals surface area contributed by atoms with Gasteiger partial charge in [0.25, 0.3) is 0 Å². The number of carbonyl (C=O) groups is 1. The zero-order chi connectivity index (χ0) is 23.8. The van der Waals surface area contributed by atoms with Gasteiger partial charge in [-0.1, -0.05) is 60.7 Å². The number of hydrogen-bond donors (Lipinski definition) is 2. The Kier molecular flexibility index (Phi) is 5.49. The molecule has 3 aromatic carbocycles. The van der Waals surface area contributed by atoms with E-state index in [4.69, 9.17) is 4.74 Å². The van der Waals surface area contributed by atoms with Crippen LogP contribution in [-0.4, -0.2) is 22.2 Å². The summed E-state index contributed by atoms with van der Waals surface area (Å²) in [6.45, 7) is 0.1000. The van der Waals surface area contributed by atoms with Gasteiger partial charge in [0.2, 0.25) is 11.2 Å². The molecule has 0 saturated carbocycles. The Morgan fingerprint density at radius 1 is 1.03 bits per heavy atom. The molecule has 172 valence electrons. The molecule has 0 amide bonds. The van der Waals surface area contributed by atoms with Crippen molar-refractivity contribution in [3.8, 4) is 5.75 Å². The number of benzene rings is 3. The van der Waals surface area contributed by atoms with Crippen molar-refractivity contribution >= 4 is 22.6 Å². The monoisotopic (exact) mass is 462 g/mol. The third-order valence-corrected chi connectivity index (χ3v) is 5.98. The Hall–Kier alpha value is -4.20. The quantitative estimate of drug-likeness (QED) is 0.432. The molecule has 0 unspecified atom stereocenters. The molecule has 6 nitrogen and oxygen atoms in total. The highest BCUT2D eigenvalue weighted by molar-refractivity contribution is 6.01. The number of nitrogens with one attached hydrogen (secondary N) is 1. The number of aromatic carboxylic acids is 1. The van der Waals surface area contributed by atoms with Crippen LogP contribution in [0.1, 0.15) is 27.5 Å². The molecule has 0 saturated heterocycles. The Morgan fingerprint density at radius 2 is 1.68 bits per heavy atom. The fraction of sp³-hybridized carbons (Fsp3) is 0.154. The third-order valence-electron chi connectivity index (χ3n) is 5.98. The summed E-state index contributed by atoms with van der Waals surface area (Å²) >= 11 is 0. The van der Waals surface area contributed by atoms with Crippen molar-refractivity contribution in [3.05, 3.63) is 105 Å². The van der Waals surface area contributed by atoms with Crippen molar-refractivity contribution in [2.24, 2.45) is 0 Å². The molecule has 2 heterocycles. The van der Waals surface area contributed by atoms with E-state index in [1.807, 2.05) is 36.4 Å². The number of hydrogen-bond acceptors (Lipinski definition) is 4. The summed E-state index contributed by atoms with van der Waals surface area (Å²) in [6.07, 6.45) is 1.65. The van der Waals surface area contributed by atoms with E-state index in [-0.39, 0.29) is 29.7 Å². The first-order valence-electron chi connectivity index (χ1n) is 10.7. The van der Waals surface area contributed by atoms with Crippen LogP contribution in [0, 0.1) is 11.6 Å². The second kappa shape index (κ2) is 8.62. The largest absolute Gasteiger partial charge is 0.486 e. The van der Waals surface area contributed by atoms with Crippen LogP contribution in [0.2, 0.25) is 0 Å². The number of carboxylic acids is 1. The topological polar surface area (TPSA) is 80.6 Å². The van der Waals surface area contributed by atoms with Crippen LogP contribution in [0.25, 0.3) is 10.9 Å². The van der Waals surface area contributed by atoms with Crippen molar-refractivity contribution in [1.29, 1.82) is 0 Å². The predicted octanol–water partition coefficient (Wildman–Crippen LogP) is 4.77. The molecule has 1 aliphatic heterocycles. The van der Waals surface area contributed by atoms with Crippen molar-refractivity contribution in [3.63, 3.8) is 0 Å². The lowest BCUT2D eigenvalue weighted by Crippen LogP contribution is -2.30. The molecule has 5 rings (SSSR count). The number of pyridine rings is 1. The average Bonchev–Trinajstić information content (AvgIpc) is 2.85. The fourth-order valence-corrected chi connectivity index (χ4v) is 4.35. The lowest BCUT2D eigenvalue weighted by atomic mass is 10.0. The molecule has 8 heteroatoms. The first-order chi connectivity index (χ1) is 16.5. The van der Waals surface area contributed by atoms with Crippen LogP contribution >= 0.6 is 0 Å². The number of anilines is 1. The number of rotatable bonds is 6. The zero-order valence-electron chi connectivity index (χ0n) is 17.9. The number of nitrogens with zero attached hydrogens (tertiary/aromatic N) is 1. The molecular formula is C26H20F2N2O4. The van der Waals surface area contributed by atoms with Crippen LogP contribution in [-0.2, 0) is 13.0 Å². The van der Waals surface area contributed by atoms with Crippen molar-refractivity contribution in [2.75, 3.05) is 11.9 Å². The number of aromatic nitrogens is 1. The molecule has 1 aliphatic rings. The molecule has 0 fully saturated rings. The number of halogens is 2. The highest BCUT2D eigenvalue weighted by Gasteiger charge is 2.32. The maximum absolute atomic E-state index is 15.2. The van der Waals surface area contributed by atoms with E-state index in [1.54, 1.807) is 24.3 Å². The molecular weight excluding hydrogens is 442 g/mol. The maximum atomic E-state index is 15.2. The van der Waals surface area contributed by atoms with Gasteiger partial charge in [-0.2, -0.15) is 4.39 Å². The van der Waals surface area contributed by atoms with E-state index in [0.29, 0.717) is 6.42 Å². The second-order valence-electron chi connectivity index (χ2n) is 8.13. The molecule has 0 radical (unpaired) electrons. The van der Waals surface area contributed by atoms with Gasteiger partial charge >= 0.3 is 5.97 Å². The van der Waals surface area contributed by atoms with Gasteiger partial charge in [-0.15, -0.1) is 0 Å². The summed E-state index contributed by atoms with van der Waals surface area (Å²) in [5, 5.41) is 12.3. The van der Waals surface area contributed by atoms with E-state index in [1.165, 1.54) is 10.8 Å². The van der Waals surface area contributed by atoms with Crippen LogP contribution in [0.3, 0.4) is 0 Å². The number of ether oxygens (including phenoxy) is 1. The zero-order valence-corrected chi connectivity index (χ0v) is 17.9. The summed E-state index contributed by atoms with van der Waals surface area (Å²) in [5.74, 6) is -4.35. The predicted molar refractivity (Wildman–Crippen MR) is 124 cm³/mol. The molecule has 0 aliphatic carbocycles. The first-order valence-corrected chi connectivity index (χ1v) is 10.7. The van der Waals surface area contributed by atoms with Crippen LogP contribution < -0.4 is 15.5 Å².